The number of rotatable bonds is 3. The molecular formula is C15H20FNO2S. The number of nitrogens with one attached hydrogen (secondary N) is 1. The van der Waals surface area contributed by atoms with E-state index in [2.05, 4.69) is 4.72 Å². The van der Waals surface area contributed by atoms with E-state index in [9.17, 15) is 8.94 Å². The monoisotopic (exact) mass is 297 g/mol. The normalized spacial score (nSPS) is 15.6. The third-order valence-corrected chi connectivity index (χ3v) is 4.85. The van der Waals surface area contributed by atoms with Crippen molar-refractivity contribution in [1.82, 2.24) is 4.72 Å². The summed E-state index contributed by atoms with van der Waals surface area (Å²) in [4.78, 5) is 0. The van der Waals surface area contributed by atoms with Gasteiger partial charge < -0.3 is 8.97 Å². The van der Waals surface area contributed by atoms with Crippen LogP contribution in [-0.2, 0) is 11.4 Å². The van der Waals surface area contributed by atoms with E-state index in [0.717, 1.165) is 10.9 Å². The first-order chi connectivity index (χ1) is 9.20. The van der Waals surface area contributed by atoms with E-state index in [1.165, 1.54) is 12.1 Å². The Morgan fingerprint density at radius 3 is 2.60 bits per heavy atom. The molecule has 0 aliphatic rings. The fourth-order valence-corrected chi connectivity index (χ4v) is 2.80. The summed E-state index contributed by atoms with van der Waals surface area (Å²) in [7, 11) is 0. The molecule has 2 atom stereocenters. The highest BCUT2D eigenvalue weighted by Crippen LogP contribution is 2.31. The summed E-state index contributed by atoms with van der Waals surface area (Å²) in [6.07, 6.45) is 0. The van der Waals surface area contributed by atoms with Crippen LogP contribution in [0.15, 0.2) is 22.6 Å². The summed E-state index contributed by atoms with van der Waals surface area (Å²) in [5.74, 6) is 0.412. The zero-order valence-corrected chi connectivity index (χ0v) is 13.2. The van der Waals surface area contributed by atoms with E-state index in [1.807, 2.05) is 34.6 Å². The minimum atomic E-state index is -1.19. The van der Waals surface area contributed by atoms with Crippen molar-refractivity contribution in [2.45, 2.75) is 45.4 Å². The molecule has 0 aliphatic heterocycles. The molecule has 0 aliphatic carbocycles. The summed E-state index contributed by atoms with van der Waals surface area (Å²) >= 11 is -1.19. The van der Waals surface area contributed by atoms with E-state index >= 15 is 0 Å². The highest BCUT2D eigenvalue weighted by molar-refractivity contribution is 7.90. The van der Waals surface area contributed by atoms with Gasteiger partial charge in [-0.05, 0) is 52.8 Å². The molecule has 1 aromatic heterocycles. The molecule has 0 bridgehead atoms. The van der Waals surface area contributed by atoms with Gasteiger partial charge in [-0.2, -0.15) is 0 Å². The Morgan fingerprint density at radius 2 is 2.00 bits per heavy atom. The van der Waals surface area contributed by atoms with E-state index in [4.69, 9.17) is 4.42 Å². The van der Waals surface area contributed by atoms with Crippen molar-refractivity contribution in [2.75, 3.05) is 0 Å². The zero-order valence-electron chi connectivity index (χ0n) is 12.4. The van der Waals surface area contributed by atoms with Crippen LogP contribution in [0.25, 0.3) is 11.0 Å². The Balaban J connectivity index is 2.31. The molecule has 0 saturated carbocycles. The molecule has 2 rings (SSSR count). The lowest BCUT2D eigenvalue weighted by Crippen LogP contribution is -2.40. The first-order valence-corrected chi connectivity index (χ1v) is 7.71. The van der Waals surface area contributed by atoms with Gasteiger partial charge in [0.15, 0.2) is 0 Å². The molecular weight excluding hydrogens is 277 g/mol. The van der Waals surface area contributed by atoms with Gasteiger partial charge in [-0.1, -0.05) is 0 Å². The van der Waals surface area contributed by atoms with Crippen LogP contribution in [0.3, 0.4) is 0 Å². The largest absolute Gasteiger partial charge is 0.598 e. The lowest BCUT2D eigenvalue weighted by Gasteiger charge is -2.25. The van der Waals surface area contributed by atoms with Crippen LogP contribution in [0.1, 0.15) is 45.1 Å². The number of halogens is 1. The van der Waals surface area contributed by atoms with E-state index in [0.29, 0.717) is 11.3 Å². The maximum absolute atomic E-state index is 13.3. The van der Waals surface area contributed by atoms with Crippen molar-refractivity contribution in [1.29, 1.82) is 0 Å². The molecule has 3 nitrogen and oxygen atoms in total. The predicted octanol–water partition coefficient (Wildman–Crippen LogP) is 3.99. The highest BCUT2D eigenvalue weighted by atomic mass is 32.2. The summed E-state index contributed by atoms with van der Waals surface area (Å²) in [5, 5.41) is 0.759. The van der Waals surface area contributed by atoms with Crippen LogP contribution in [0, 0.1) is 12.7 Å². The summed E-state index contributed by atoms with van der Waals surface area (Å²) in [6.45, 7) is 9.50. The molecule has 20 heavy (non-hydrogen) atoms. The van der Waals surface area contributed by atoms with Crippen LogP contribution in [-0.4, -0.2) is 9.30 Å². The van der Waals surface area contributed by atoms with Crippen LogP contribution in [0.4, 0.5) is 4.39 Å². The van der Waals surface area contributed by atoms with Gasteiger partial charge in [0.05, 0.1) is 0 Å². The maximum atomic E-state index is 13.3. The van der Waals surface area contributed by atoms with Crippen LogP contribution >= 0.6 is 0 Å². The molecule has 1 aromatic carbocycles. The van der Waals surface area contributed by atoms with Gasteiger partial charge in [0.25, 0.3) is 0 Å². The van der Waals surface area contributed by atoms with Gasteiger partial charge in [-0.25, -0.2) is 4.39 Å². The third kappa shape index (κ3) is 3.00. The van der Waals surface area contributed by atoms with Crippen LogP contribution in [0.5, 0.6) is 0 Å². The minimum Gasteiger partial charge on any atom is -0.598 e. The van der Waals surface area contributed by atoms with Gasteiger partial charge in [0, 0.05) is 22.3 Å². The van der Waals surface area contributed by atoms with Gasteiger partial charge in [-0.3, -0.25) is 0 Å². The fraction of sp³-hybridized carbons (Fsp3) is 0.467. The van der Waals surface area contributed by atoms with E-state index in [1.54, 1.807) is 6.07 Å². The molecule has 0 fully saturated rings. The fourth-order valence-electron chi connectivity index (χ4n) is 2.02. The Bertz CT molecular complexity index is 618. The standard InChI is InChI=1S/C15H20FNO2S/c1-9-12-8-11(16)6-7-13(12)19-14(9)10(2)17-20(18)15(3,4)5/h6-8,10,17H,1-5H3/t10?,20-/m0/s1. The van der Waals surface area contributed by atoms with Crippen molar-refractivity contribution in [3.8, 4) is 0 Å². The van der Waals surface area contributed by atoms with Gasteiger partial charge >= 0.3 is 0 Å². The molecule has 2 aromatic rings. The summed E-state index contributed by atoms with van der Waals surface area (Å²) < 4.78 is 33.9. The number of furan rings is 1. The average molecular weight is 297 g/mol. The van der Waals surface area contributed by atoms with Gasteiger partial charge in [0.2, 0.25) is 0 Å². The maximum Gasteiger partial charge on any atom is 0.136 e. The number of fused-ring (bicyclic) bond motifs is 1. The number of hydrogen-bond donors (Lipinski definition) is 1. The van der Waals surface area contributed by atoms with Crippen molar-refractivity contribution in [3.05, 3.63) is 35.3 Å². The highest BCUT2D eigenvalue weighted by Gasteiger charge is 2.30. The van der Waals surface area contributed by atoms with E-state index < -0.39 is 11.4 Å². The molecule has 0 spiro atoms. The van der Waals surface area contributed by atoms with Crippen molar-refractivity contribution in [2.24, 2.45) is 0 Å². The Kier molecular flexibility index (Phi) is 4.14. The second-order valence-electron chi connectivity index (χ2n) is 5.95. The number of benzene rings is 1. The quantitative estimate of drug-likeness (QED) is 0.871. The smallest absolute Gasteiger partial charge is 0.136 e. The summed E-state index contributed by atoms with van der Waals surface area (Å²) in [6, 6.07) is 4.26. The Labute approximate surface area is 121 Å². The molecule has 0 amide bonds. The van der Waals surface area contributed by atoms with Gasteiger partial charge in [-0.15, -0.1) is 4.72 Å². The summed E-state index contributed by atoms with van der Waals surface area (Å²) in [5.41, 5.74) is 1.53. The molecule has 0 radical (unpaired) electrons. The van der Waals surface area contributed by atoms with E-state index in [-0.39, 0.29) is 16.6 Å². The average Bonchev–Trinajstić information content (AvgIpc) is 2.65. The van der Waals surface area contributed by atoms with Crippen molar-refractivity contribution in [3.63, 3.8) is 0 Å². The Hall–Kier alpha value is -1.04. The lowest BCUT2D eigenvalue weighted by molar-refractivity contribution is 0.472. The molecule has 1 unspecified atom stereocenters. The molecule has 0 saturated heterocycles. The minimum absolute atomic E-state index is 0.203. The first-order valence-electron chi connectivity index (χ1n) is 6.56. The Morgan fingerprint density at radius 1 is 1.35 bits per heavy atom. The second kappa shape index (κ2) is 5.39. The third-order valence-electron chi connectivity index (χ3n) is 3.17. The second-order valence-corrected chi connectivity index (χ2v) is 7.95. The lowest BCUT2D eigenvalue weighted by atomic mass is 10.1. The molecule has 1 heterocycles. The van der Waals surface area contributed by atoms with Crippen LogP contribution in [0.2, 0.25) is 0 Å². The SMILES string of the molecule is Cc1c(C(C)N[S@@+]([O-])C(C)(C)C)oc2ccc(F)cc12. The first kappa shape index (κ1) is 15.4. The zero-order chi connectivity index (χ0) is 15.1. The molecule has 1 N–H and O–H groups in total. The van der Waals surface area contributed by atoms with Gasteiger partial charge in [0.1, 0.15) is 27.9 Å². The topological polar surface area (TPSA) is 48.2 Å². The van der Waals surface area contributed by atoms with Crippen molar-refractivity contribution >= 4 is 22.3 Å². The van der Waals surface area contributed by atoms with Crippen molar-refractivity contribution < 1.29 is 13.4 Å². The number of aryl methyl sites for hydroxylation is 1. The van der Waals surface area contributed by atoms with Crippen LogP contribution < -0.4 is 4.72 Å². The predicted molar refractivity (Wildman–Crippen MR) is 80.4 cm³/mol. The molecule has 110 valence electrons. The number of hydrogen-bond acceptors (Lipinski definition) is 3. The molecule has 5 heteroatoms.